The SMILES string of the molecule is CC1(c2ncc(C(=O)ON3C(=O)c4ccccc4C3=O)s2)OCCO1. The fourth-order valence-corrected chi connectivity index (χ4v) is 3.44. The van der Waals surface area contributed by atoms with Crippen molar-refractivity contribution in [2.45, 2.75) is 12.7 Å². The number of hydrogen-bond donors (Lipinski definition) is 0. The minimum Gasteiger partial charge on any atom is -0.342 e. The fraction of sp³-hybridized carbons (Fsp3) is 0.250. The number of ether oxygens (including phenoxy) is 2. The highest BCUT2D eigenvalue weighted by Crippen LogP contribution is 2.34. The number of aromatic nitrogens is 1. The molecule has 128 valence electrons. The molecule has 0 spiro atoms. The molecule has 0 radical (unpaired) electrons. The summed E-state index contributed by atoms with van der Waals surface area (Å²) in [5, 5.41) is 0.927. The van der Waals surface area contributed by atoms with Gasteiger partial charge in [-0.2, -0.15) is 0 Å². The van der Waals surface area contributed by atoms with Crippen LogP contribution in [-0.2, 0) is 20.1 Å². The Balaban J connectivity index is 1.53. The van der Waals surface area contributed by atoms with Crippen LogP contribution in [0.15, 0.2) is 30.5 Å². The van der Waals surface area contributed by atoms with Gasteiger partial charge in [-0.15, -0.1) is 11.3 Å². The second-order valence-corrected chi connectivity index (χ2v) is 6.53. The van der Waals surface area contributed by atoms with E-state index in [1.807, 2.05) is 0 Å². The van der Waals surface area contributed by atoms with E-state index in [-0.39, 0.29) is 16.0 Å². The van der Waals surface area contributed by atoms with E-state index < -0.39 is 23.6 Å². The average molecular weight is 360 g/mol. The third-order valence-electron chi connectivity index (χ3n) is 3.86. The molecule has 2 amide bonds. The molecule has 1 saturated heterocycles. The van der Waals surface area contributed by atoms with Gasteiger partial charge in [0.1, 0.15) is 4.88 Å². The molecule has 0 N–H and O–H groups in total. The molecule has 0 bridgehead atoms. The third kappa shape index (κ3) is 2.53. The number of thiazole rings is 1. The summed E-state index contributed by atoms with van der Waals surface area (Å²) in [6.07, 6.45) is 1.30. The van der Waals surface area contributed by atoms with Crippen LogP contribution in [0.2, 0.25) is 0 Å². The van der Waals surface area contributed by atoms with Crippen LogP contribution in [0.5, 0.6) is 0 Å². The molecule has 1 fully saturated rings. The van der Waals surface area contributed by atoms with Gasteiger partial charge >= 0.3 is 5.97 Å². The Bertz CT molecular complexity index is 851. The zero-order chi connectivity index (χ0) is 17.6. The van der Waals surface area contributed by atoms with Gasteiger partial charge in [0.05, 0.1) is 30.5 Å². The molecule has 0 unspecified atom stereocenters. The number of hydrogen-bond acceptors (Lipinski definition) is 8. The number of benzene rings is 1. The summed E-state index contributed by atoms with van der Waals surface area (Å²) in [5.41, 5.74) is 0.399. The first-order valence-corrected chi connectivity index (χ1v) is 8.25. The van der Waals surface area contributed by atoms with Crippen molar-refractivity contribution >= 4 is 29.1 Å². The highest BCUT2D eigenvalue weighted by Gasteiger charge is 2.40. The summed E-state index contributed by atoms with van der Waals surface area (Å²) in [6.45, 7) is 2.58. The molecular formula is C16H12N2O6S. The van der Waals surface area contributed by atoms with Crippen molar-refractivity contribution < 1.29 is 28.7 Å². The molecule has 0 saturated carbocycles. The average Bonchev–Trinajstić information content (AvgIpc) is 3.32. The molecule has 3 heterocycles. The van der Waals surface area contributed by atoms with Crippen molar-refractivity contribution in [3.63, 3.8) is 0 Å². The molecule has 2 aliphatic heterocycles. The van der Waals surface area contributed by atoms with Gasteiger partial charge in [-0.3, -0.25) is 9.59 Å². The lowest BCUT2D eigenvalue weighted by molar-refractivity contribution is -0.149. The van der Waals surface area contributed by atoms with Crippen LogP contribution >= 0.6 is 11.3 Å². The Morgan fingerprint density at radius 1 is 1.20 bits per heavy atom. The van der Waals surface area contributed by atoms with E-state index in [4.69, 9.17) is 14.3 Å². The monoisotopic (exact) mass is 360 g/mol. The predicted molar refractivity (Wildman–Crippen MR) is 83.7 cm³/mol. The molecular weight excluding hydrogens is 348 g/mol. The molecule has 0 aliphatic carbocycles. The van der Waals surface area contributed by atoms with Crippen molar-refractivity contribution in [2.24, 2.45) is 0 Å². The Morgan fingerprint density at radius 2 is 1.80 bits per heavy atom. The Hall–Kier alpha value is -2.62. The topological polar surface area (TPSA) is 95.0 Å². The van der Waals surface area contributed by atoms with E-state index in [9.17, 15) is 14.4 Å². The first-order valence-electron chi connectivity index (χ1n) is 7.44. The maximum atomic E-state index is 12.3. The van der Waals surface area contributed by atoms with Gasteiger partial charge in [0, 0.05) is 0 Å². The second kappa shape index (κ2) is 5.73. The molecule has 1 aromatic carbocycles. The van der Waals surface area contributed by atoms with Crippen LogP contribution in [0.25, 0.3) is 0 Å². The number of carbonyl (C=O) groups is 3. The zero-order valence-electron chi connectivity index (χ0n) is 13.1. The Kier molecular flexibility index (Phi) is 3.64. The van der Waals surface area contributed by atoms with Crippen LogP contribution in [-0.4, -0.2) is 41.0 Å². The van der Waals surface area contributed by atoms with Gasteiger partial charge in [-0.05, 0) is 19.1 Å². The molecule has 0 atom stereocenters. The summed E-state index contributed by atoms with van der Waals surface area (Å²) in [7, 11) is 0. The first kappa shape index (κ1) is 15.9. The smallest absolute Gasteiger partial charge is 0.342 e. The summed E-state index contributed by atoms with van der Waals surface area (Å²) in [6, 6.07) is 6.27. The van der Waals surface area contributed by atoms with E-state index >= 15 is 0 Å². The highest BCUT2D eigenvalue weighted by molar-refractivity contribution is 7.13. The lowest BCUT2D eigenvalue weighted by Crippen LogP contribution is -2.32. The molecule has 8 nitrogen and oxygen atoms in total. The lowest BCUT2D eigenvalue weighted by Gasteiger charge is -2.18. The van der Waals surface area contributed by atoms with Crippen molar-refractivity contribution in [3.05, 3.63) is 51.5 Å². The molecule has 1 aromatic heterocycles. The number of fused-ring (bicyclic) bond motifs is 1. The van der Waals surface area contributed by atoms with Crippen molar-refractivity contribution in [3.8, 4) is 0 Å². The maximum Gasteiger partial charge on any atom is 0.375 e. The van der Waals surface area contributed by atoms with Crippen LogP contribution in [0.1, 0.15) is 42.3 Å². The quantitative estimate of drug-likeness (QED) is 0.769. The van der Waals surface area contributed by atoms with Gasteiger partial charge in [0.25, 0.3) is 11.8 Å². The largest absolute Gasteiger partial charge is 0.375 e. The predicted octanol–water partition coefficient (Wildman–Crippen LogP) is 1.73. The van der Waals surface area contributed by atoms with Gasteiger partial charge < -0.3 is 14.3 Å². The van der Waals surface area contributed by atoms with E-state index in [2.05, 4.69) is 4.98 Å². The van der Waals surface area contributed by atoms with E-state index in [0.717, 1.165) is 11.3 Å². The van der Waals surface area contributed by atoms with Crippen LogP contribution in [0, 0.1) is 0 Å². The molecule has 9 heteroatoms. The second-order valence-electron chi connectivity index (χ2n) is 5.50. The van der Waals surface area contributed by atoms with Gasteiger partial charge in [-0.1, -0.05) is 17.2 Å². The first-order chi connectivity index (χ1) is 12.0. The van der Waals surface area contributed by atoms with Gasteiger partial charge in [-0.25, -0.2) is 9.78 Å². The van der Waals surface area contributed by atoms with E-state index in [1.165, 1.54) is 18.3 Å². The van der Waals surface area contributed by atoms with E-state index in [0.29, 0.717) is 23.3 Å². The lowest BCUT2D eigenvalue weighted by atomic mass is 10.1. The summed E-state index contributed by atoms with van der Waals surface area (Å²) in [4.78, 5) is 46.0. The zero-order valence-corrected chi connectivity index (χ0v) is 13.9. The van der Waals surface area contributed by atoms with Crippen LogP contribution in [0.4, 0.5) is 0 Å². The Morgan fingerprint density at radius 3 is 2.40 bits per heavy atom. The van der Waals surface area contributed by atoms with Gasteiger partial charge in [0.2, 0.25) is 5.79 Å². The fourth-order valence-electron chi connectivity index (χ4n) is 2.59. The van der Waals surface area contributed by atoms with Crippen molar-refractivity contribution in [2.75, 3.05) is 13.2 Å². The summed E-state index contributed by atoms with van der Waals surface area (Å²) < 4.78 is 11.0. The molecule has 4 rings (SSSR count). The minimum atomic E-state index is -1.00. The molecule has 2 aromatic rings. The Labute approximate surface area is 145 Å². The normalized spacial score (nSPS) is 18.5. The minimum absolute atomic E-state index is 0.131. The third-order valence-corrected chi connectivity index (χ3v) is 5.03. The number of imide groups is 1. The molecule has 25 heavy (non-hydrogen) atoms. The van der Waals surface area contributed by atoms with Crippen molar-refractivity contribution in [1.82, 2.24) is 10.0 Å². The number of carbonyl (C=O) groups excluding carboxylic acids is 3. The number of amides is 2. The van der Waals surface area contributed by atoms with Crippen LogP contribution < -0.4 is 0 Å². The summed E-state index contributed by atoms with van der Waals surface area (Å²) in [5.74, 6) is -3.19. The van der Waals surface area contributed by atoms with Crippen LogP contribution in [0.3, 0.4) is 0 Å². The number of rotatable bonds is 3. The number of hydroxylamine groups is 2. The standard InChI is InChI=1S/C16H12N2O6S/c1-16(22-6-7-23-16)15-17-8-11(25-15)14(21)24-18-12(19)9-4-2-3-5-10(9)13(18)20/h2-5,8H,6-7H2,1H3. The number of nitrogens with zero attached hydrogens (tertiary/aromatic N) is 2. The van der Waals surface area contributed by atoms with Gasteiger partial charge in [0.15, 0.2) is 5.01 Å². The highest BCUT2D eigenvalue weighted by atomic mass is 32.1. The maximum absolute atomic E-state index is 12.3. The van der Waals surface area contributed by atoms with E-state index in [1.54, 1.807) is 19.1 Å². The molecule has 2 aliphatic rings. The summed E-state index contributed by atoms with van der Waals surface area (Å²) >= 11 is 1.02. The van der Waals surface area contributed by atoms with Crippen molar-refractivity contribution in [1.29, 1.82) is 0 Å².